The summed E-state index contributed by atoms with van der Waals surface area (Å²) in [5.74, 6) is 1.50. The molecule has 0 saturated carbocycles. The first-order chi connectivity index (χ1) is 17.6. The number of hydrogen-bond donors (Lipinski definition) is 0. The number of carbonyl (C=O) groups excluding carboxylic acids is 2. The predicted molar refractivity (Wildman–Crippen MR) is 144 cm³/mol. The van der Waals surface area contributed by atoms with Crippen molar-refractivity contribution in [1.29, 1.82) is 0 Å². The molecule has 6 heteroatoms. The van der Waals surface area contributed by atoms with E-state index in [-0.39, 0.29) is 30.1 Å². The maximum absolute atomic E-state index is 12.1. The molecule has 2 aliphatic rings. The van der Waals surface area contributed by atoms with Crippen LogP contribution in [0.4, 0.5) is 0 Å². The Morgan fingerprint density at radius 1 is 0.865 bits per heavy atom. The molecule has 2 aromatic rings. The molecule has 0 bridgehead atoms. The highest BCUT2D eigenvalue weighted by atomic mass is 16.5. The van der Waals surface area contributed by atoms with Crippen LogP contribution in [0.1, 0.15) is 94.8 Å². The number of aryl methyl sites for hydroxylation is 2. The lowest BCUT2D eigenvalue weighted by Gasteiger charge is -2.23. The maximum atomic E-state index is 12.1. The summed E-state index contributed by atoms with van der Waals surface area (Å²) >= 11 is 0. The zero-order valence-corrected chi connectivity index (χ0v) is 23.4. The molecular weight excluding hydrogens is 468 g/mol. The molecule has 0 radical (unpaired) electrons. The summed E-state index contributed by atoms with van der Waals surface area (Å²) in [6.07, 6.45) is 5.07. The summed E-state index contributed by atoms with van der Waals surface area (Å²) in [6, 6.07) is 11.9. The fourth-order valence-electron chi connectivity index (χ4n) is 4.46. The molecule has 0 amide bonds. The van der Waals surface area contributed by atoms with Gasteiger partial charge >= 0.3 is 11.9 Å². The van der Waals surface area contributed by atoms with Gasteiger partial charge in [0.05, 0.1) is 25.6 Å². The average molecular weight is 511 g/mol. The van der Waals surface area contributed by atoms with Gasteiger partial charge in [-0.2, -0.15) is 0 Å². The molecule has 0 N–H and O–H groups in total. The number of hydrogen-bond acceptors (Lipinski definition) is 6. The van der Waals surface area contributed by atoms with E-state index in [2.05, 4.69) is 0 Å². The average Bonchev–Trinajstić information content (AvgIpc) is 3.51. The quantitative estimate of drug-likeness (QED) is 0.359. The van der Waals surface area contributed by atoms with Crippen LogP contribution >= 0.6 is 0 Å². The highest BCUT2D eigenvalue weighted by Crippen LogP contribution is 2.38. The van der Waals surface area contributed by atoms with Gasteiger partial charge in [-0.15, -0.1) is 0 Å². The number of esters is 2. The highest BCUT2D eigenvalue weighted by molar-refractivity contribution is 5.76. The molecule has 4 rings (SSSR count). The Morgan fingerprint density at radius 3 is 1.78 bits per heavy atom. The molecule has 3 atom stereocenters. The summed E-state index contributed by atoms with van der Waals surface area (Å²) in [6.45, 7) is 9.78. The number of rotatable bonds is 8. The van der Waals surface area contributed by atoms with E-state index >= 15 is 0 Å². The summed E-state index contributed by atoms with van der Waals surface area (Å²) in [5.41, 5.74) is 4.31. The second-order valence-corrected chi connectivity index (χ2v) is 10.6. The highest BCUT2D eigenvalue weighted by Gasteiger charge is 2.33. The Kier molecular flexibility index (Phi) is 9.63. The molecule has 0 aromatic heterocycles. The van der Waals surface area contributed by atoms with Crippen LogP contribution in [0.5, 0.6) is 11.5 Å². The summed E-state index contributed by atoms with van der Waals surface area (Å²) in [7, 11) is 3.33. The standard InChI is InChI=1S/C16H22O3.C15H20O3/c1-5-16(2,3)15(17)19-14-9-6-11-10-12(18-4)7-8-13(11)14;1-4-10(2)15(16)18-14-8-5-11-9-12(17-3)6-7-13(11)14/h7-8,10,14H,5-6,9H2,1-4H3;6-7,9-10,14H,4-5,8H2,1-3H3. The number of fused-ring (bicyclic) bond motifs is 2. The fraction of sp³-hybridized carbons (Fsp3) is 0.548. The molecule has 202 valence electrons. The lowest BCUT2D eigenvalue weighted by Crippen LogP contribution is -2.26. The lowest BCUT2D eigenvalue weighted by molar-refractivity contribution is -0.160. The van der Waals surface area contributed by atoms with E-state index < -0.39 is 5.41 Å². The van der Waals surface area contributed by atoms with Crippen molar-refractivity contribution in [3.05, 3.63) is 58.7 Å². The number of ether oxygens (including phenoxy) is 4. The van der Waals surface area contributed by atoms with Gasteiger partial charge < -0.3 is 18.9 Å². The third-order valence-corrected chi connectivity index (χ3v) is 7.70. The number of benzene rings is 2. The Bertz CT molecular complexity index is 1090. The Balaban J connectivity index is 0.000000206. The minimum Gasteiger partial charge on any atom is -0.497 e. The second-order valence-electron chi connectivity index (χ2n) is 10.6. The van der Waals surface area contributed by atoms with E-state index in [9.17, 15) is 9.59 Å². The van der Waals surface area contributed by atoms with Crippen LogP contribution in [0.25, 0.3) is 0 Å². The van der Waals surface area contributed by atoms with Crippen LogP contribution in [0, 0.1) is 11.3 Å². The van der Waals surface area contributed by atoms with Gasteiger partial charge in [0, 0.05) is 0 Å². The first kappa shape index (κ1) is 28.5. The molecule has 3 unspecified atom stereocenters. The topological polar surface area (TPSA) is 71.1 Å². The van der Waals surface area contributed by atoms with Crippen molar-refractivity contribution in [2.75, 3.05) is 14.2 Å². The minimum atomic E-state index is -0.408. The van der Waals surface area contributed by atoms with Crippen LogP contribution < -0.4 is 9.47 Å². The van der Waals surface area contributed by atoms with E-state index in [0.717, 1.165) is 61.2 Å². The maximum Gasteiger partial charge on any atom is 0.312 e. The Labute approximate surface area is 221 Å². The molecule has 6 nitrogen and oxygen atoms in total. The molecule has 2 aromatic carbocycles. The Morgan fingerprint density at radius 2 is 1.35 bits per heavy atom. The minimum absolute atomic E-state index is 0.0210. The van der Waals surface area contributed by atoms with Gasteiger partial charge in [-0.1, -0.05) is 32.9 Å². The van der Waals surface area contributed by atoms with Crippen molar-refractivity contribution in [2.45, 2.75) is 85.4 Å². The third kappa shape index (κ3) is 6.85. The van der Waals surface area contributed by atoms with Gasteiger partial charge in [0.2, 0.25) is 0 Å². The van der Waals surface area contributed by atoms with Crippen molar-refractivity contribution >= 4 is 11.9 Å². The van der Waals surface area contributed by atoms with Gasteiger partial charge in [-0.3, -0.25) is 9.59 Å². The number of carbonyl (C=O) groups is 2. The van der Waals surface area contributed by atoms with Gasteiger partial charge in [0.1, 0.15) is 23.7 Å². The van der Waals surface area contributed by atoms with E-state index in [1.807, 2.05) is 71.0 Å². The van der Waals surface area contributed by atoms with Crippen molar-refractivity contribution in [3.63, 3.8) is 0 Å². The van der Waals surface area contributed by atoms with Crippen LogP contribution in [0.3, 0.4) is 0 Å². The molecular formula is C31H42O6. The smallest absolute Gasteiger partial charge is 0.312 e. The Hall–Kier alpha value is -3.02. The SMILES string of the molecule is CCC(C)(C)C(=O)OC1CCc2cc(OC)ccc21.CCC(C)C(=O)OC1CCc2cc(OC)ccc21. The van der Waals surface area contributed by atoms with Crippen LogP contribution in [-0.4, -0.2) is 26.2 Å². The van der Waals surface area contributed by atoms with Crippen molar-refractivity contribution in [2.24, 2.45) is 11.3 Å². The zero-order valence-electron chi connectivity index (χ0n) is 23.4. The molecule has 2 aliphatic carbocycles. The number of methoxy groups -OCH3 is 2. The van der Waals surface area contributed by atoms with E-state index in [1.165, 1.54) is 11.1 Å². The summed E-state index contributed by atoms with van der Waals surface area (Å²) in [5, 5.41) is 0. The molecule has 37 heavy (non-hydrogen) atoms. The van der Waals surface area contributed by atoms with Gasteiger partial charge in [-0.25, -0.2) is 0 Å². The van der Waals surface area contributed by atoms with Crippen LogP contribution in [0.2, 0.25) is 0 Å². The first-order valence-corrected chi connectivity index (χ1v) is 13.4. The zero-order chi connectivity index (χ0) is 27.2. The van der Waals surface area contributed by atoms with E-state index in [4.69, 9.17) is 18.9 Å². The third-order valence-electron chi connectivity index (χ3n) is 7.70. The van der Waals surface area contributed by atoms with E-state index in [1.54, 1.807) is 14.2 Å². The lowest BCUT2D eigenvalue weighted by atomic mass is 9.90. The second kappa shape index (κ2) is 12.5. The van der Waals surface area contributed by atoms with Crippen molar-refractivity contribution in [3.8, 4) is 11.5 Å². The van der Waals surface area contributed by atoms with Crippen molar-refractivity contribution < 1.29 is 28.5 Å². The summed E-state index contributed by atoms with van der Waals surface area (Å²) in [4.78, 5) is 24.0. The van der Waals surface area contributed by atoms with E-state index in [0.29, 0.717) is 0 Å². The van der Waals surface area contributed by atoms with Crippen molar-refractivity contribution in [1.82, 2.24) is 0 Å². The van der Waals surface area contributed by atoms with Gasteiger partial charge in [-0.05, 0) is 98.9 Å². The van der Waals surface area contributed by atoms with Crippen LogP contribution in [0.15, 0.2) is 36.4 Å². The first-order valence-electron chi connectivity index (χ1n) is 13.4. The largest absolute Gasteiger partial charge is 0.497 e. The molecule has 0 spiro atoms. The predicted octanol–water partition coefficient (Wildman–Crippen LogP) is 6.93. The van der Waals surface area contributed by atoms with Gasteiger partial charge in [0.25, 0.3) is 0 Å². The fourth-order valence-corrected chi connectivity index (χ4v) is 4.46. The molecule has 0 heterocycles. The normalized spacial score (nSPS) is 18.6. The summed E-state index contributed by atoms with van der Waals surface area (Å²) < 4.78 is 21.7. The monoisotopic (exact) mass is 510 g/mol. The molecule has 0 aliphatic heterocycles. The van der Waals surface area contributed by atoms with Crippen LogP contribution in [-0.2, 0) is 31.9 Å². The molecule has 0 fully saturated rings. The van der Waals surface area contributed by atoms with Gasteiger partial charge in [0.15, 0.2) is 0 Å². The molecule has 0 saturated heterocycles.